The third-order valence-electron chi connectivity index (χ3n) is 6.10. The molecule has 32 heavy (non-hydrogen) atoms. The second-order valence-corrected chi connectivity index (χ2v) is 9.04. The van der Waals surface area contributed by atoms with Crippen LogP contribution in [-0.2, 0) is 22.1 Å². The second-order valence-electron chi connectivity index (χ2n) is 8.03. The molecule has 0 saturated carbocycles. The molecule has 2 aliphatic heterocycles. The number of fused-ring (bicyclic) bond motifs is 1. The fourth-order valence-corrected chi connectivity index (χ4v) is 5.55. The van der Waals surface area contributed by atoms with E-state index < -0.39 is 23.6 Å². The standard InChI is InChI=1S/C21H23F3N4O3S/c1-2-15-25-19-28(26-15)18(29)17(32-19)16(13-3-5-14(6-4-13)21(22,23)24)27-9-7-20(8-10-27)30-11-12-31-20/h3-6,16,29H,2,7-12H2,1H3/t16-/m1/s1. The molecule has 2 aliphatic rings. The van der Waals surface area contributed by atoms with Crippen LogP contribution in [0.1, 0.15) is 47.6 Å². The zero-order chi connectivity index (χ0) is 22.5. The Bertz CT molecular complexity index is 1100. The highest BCUT2D eigenvalue weighted by atomic mass is 32.1. The van der Waals surface area contributed by atoms with Crippen molar-refractivity contribution in [2.75, 3.05) is 26.3 Å². The van der Waals surface area contributed by atoms with E-state index in [0.717, 1.165) is 12.1 Å². The van der Waals surface area contributed by atoms with Gasteiger partial charge in [0, 0.05) is 32.4 Å². The number of aromatic hydroxyl groups is 1. The highest BCUT2D eigenvalue weighted by Gasteiger charge is 2.42. The summed E-state index contributed by atoms with van der Waals surface area (Å²) in [5.74, 6) is 0.0144. The van der Waals surface area contributed by atoms with Gasteiger partial charge in [-0.15, -0.1) is 5.10 Å². The SMILES string of the molecule is CCc1nc2sc([C@@H](c3ccc(C(F)(F)F)cc3)N3CCC4(CC3)OCCO4)c(O)n2n1. The molecule has 7 nitrogen and oxygen atoms in total. The van der Waals surface area contributed by atoms with Crippen molar-refractivity contribution >= 4 is 16.3 Å². The molecule has 5 rings (SSSR count). The number of ether oxygens (including phenoxy) is 2. The van der Waals surface area contributed by atoms with Crippen LogP contribution in [0.3, 0.4) is 0 Å². The molecule has 2 saturated heterocycles. The maximum Gasteiger partial charge on any atom is 0.416 e. The van der Waals surface area contributed by atoms with Gasteiger partial charge in [0.25, 0.3) is 0 Å². The van der Waals surface area contributed by atoms with Crippen LogP contribution in [0, 0.1) is 0 Å². The Morgan fingerprint density at radius 1 is 1.16 bits per heavy atom. The summed E-state index contributed by atoms with van der Waals surface area (Å²) in [6.45, 7) is 4.28. The Morgan fingerprint density at radius 3 is 2.38 bits per heavy atom. The summed E-state index contributed by atoms with van der Waals surface area (Å²) in [7, 11) is 0. The van der Waals surface area contributed by atoms with Crippen molar-refractivity contribution in [1.82, 2.24) is 19.5 Å². The molecule has 11 heteroatoms. The molecular formula is C21H23F3N4O3S. The number of hydrogen-bond acceptors (Lipinski definition) is 7. The molecule has 0 unspecified atom stereocenters. The average molecular weight is 469 g/mol. The number of piperidine rings is 1. The van der Waals surface area contributed by atoms with Crippen molar-refractivity contribution in [2.45, 2.75) is 44.2 Å². The van der Waals surface area contributed by atoms with E-state index in [1.54, 1.807) is 0 Å². The summed E-state index contributed by atoms with van der Waals surface area (Å²) in [5, 5.41) is 15.3. The molecule has 0 aliphatic carbocycles. The number of alkyl halides is 3. The molecule has 2 aromatic heterocycles. The van der Waals surface area contributed by atoms with Crippen LogP contribution in [0.2, 0.25) is 0 Å². The Labute approximate surface area is 186 Å². The first-order chi connectivity index (χ1) is 15.3. The van der Waals surface area contributed by atoms with E-state index in [1.165, 1.54) is 28.0 Å². The summed E-state index contributed by atoms with van der Waals surface area (Å²) in [4.78, 5) is 7.75. The normalized spacial score (nSPS) is 20.4. The average Bonchev–Trinajstić information content (AvgIpc) is 3.47. The highest BCUT2D eigenvalue weighted by molar-refractivity contribution is 7.17. The molecule has 172 valence electrons. The van der Waals surface area contributed by atoms with Gasteiger partial charge in [0.05, 0.1) is 29.7 Å². The van der Waals surface area contributed by atoms with Crippen molar-refractivity contribution in [1.29, 1.82) is 0 Å². The summed E-state index contributed by atoms with van der Waals surface area (Å²) in [6.07, 6.45) is -2.48. The summed E-state index contributed by atoms with van der Waals surface area (Å²) < 4.78 is 52.4. The summed E-state index contributed by atoms with van der Waals surface area (Å²) >= 11 is 1.30. The minimum absolute atomic E-state index is 0.0317. The first-order valence-electron chi connectivity index (χ1n) is 10.6. The van der Waals surface area contributed by atoms with Crippen molar-refractivity contribution < 1.29 is 27.8 Å². The van der Waals surface area contributed by atoms with Crippen molar-refractivity contribution in [2.24, 2.45) is 0 Å². The maximum atomic E-state index is 13.1. The number of benzene rings is 1. The minimum Gasteiger partial charge on any atom is -0.492 e. The lowest BCUT2D eigenvalue weighted by molar-refractivity contribution is -0.187. The van der Waals surface area contributed by atoms with Gasteiger partial charge in [-0.3, -0.25) is 4.90 Å². The molecule has 2 fully saturated rings. The van der Waals surface area contributed by atoms with Gasteiger partial charge in [-0.25, -0.2) is 4.98 Å². The molecule has 3 aromatic rings. The Kier molecular flexibility index (Phi) is 5.39. The van der Waals surface area contributed by atoms with Crippen LogP contribution in [0.4, 0.5) is 13.2 Å². The van der Waals surface area contributed by atoms with E-state index in [1.807, 2.05) is 6.92 Å². The number of halogens is 3. The van der Waals surface area contributed by atoms with Crippen LogP contribution in [-0.4, -0.2) is 56.7 Å². The predicted octanol–water partition coefficient (Wildman–Crippen LogP) is 4.01. The Hall–Kier alpha value is -2.21. The fraction of sp³-hybridized carbons (Fsp3) is 0.524. The van der Waals surface area contributed by atoms with Gasteiger partial charge in [0.1, 0.15) is 0 Å². The molecule has 1 atom stereocenters. The van der Waals surface area contributed by atoms with Gasteiger partial charge in [-0.05, 0) is 17.7 Å². The number of rotatable bonds is 4. The second kappa shape index (κ2) is 7.98. The molecule has 0 amide bonds. The van der Waals surface area contributed by atoms with E-state index in [4.69, 9.17) is 9.47 Å². The smallest absolute Gasteiger partial charge is 0.416 e. The highest BCUT2D eigenvalue weighted by Crippen LogP contribution is 2.43. The van der Waals surface area contributed by atoms with Crippen LogP contribution >= 0.6 is 11.3 Å². The molecule has 1 spiro atoms. The fourth-order valence-electron chi connectivity index (χ4n) is 4.41. The first-order valence-corrected chi connectivity index (χ1v) is 11.4. The van der Waals surface area contributed by atoms with Crippen LogP contribution in [0.15, 0.2) is 24.3 Å². The predicted molar refractivity (Wildman–Crippen MR) is 111 cm³/mol. The lowest BCUT2D eigenvalue weighted by Gasteiger charge is -2.41. The van der Waals surface area contributed by atoms with E-state index in [9.17, 15) is 18.3 Å². The van der Waals surface area contributed by atoms with Gasteiger partial charge in [-0.1, -0.05) is 30.4 Å². The molecular weight excluding hydrogens is 445 g/mol. The largest absolute Gasteiger partial charge is 0.492 e. The van der Waals surface area contributed by atoms with E-state index in [-0.39, 0.29) is 5.88 Å². The lowest BCUT2D eigenvalue weighted by atomic mass is 9.96. The van der Waals surface area contributed by atoms with E-state index >= 15 is 0 Å². The first kappa shape index (κ1) is 21.6. The van der Waals surface area contributed by atoms with Crippen LogP contribution in [0.25, 0.3) is 4.96 Å². The number of thiazole rings is 1. The molecule has 1 N–H and O–H groups in total. The van der Waals surface area contributed by atoms with Gasteiger partial charge in [-0.2, -0.15) is 17.7 Å². The minimum atomic E-state index is -4.41. The summed E-state index contributed by atoms with van der Waals surface area (Å²) in [6, 6.07) is 4.69. The molecule has 1 aromatic carbocycles. The van der Waals surface area contributed by atoms with Crippen LogP contribution in [0.5, 0.6) is 5.88 Å². The van der Waals surface area contributed by atoms with E-state index in [0.29, 0.717) is 66.8 Å². The zero-order valence-corrected chi connectivity index (χ0v) is 18.2. The molecule has 4 heterocycles. The maximum absolute atomic E-state index is 13.1. The Morgan fingerprint density at radius 2 is 1.81 bits per heavy atom. The van der Waals surface area contributed by atoms with Gasteiger partial charge < -0.3 is 14.6 Å². The van der Waals surface area contributed by atoms with Gasteiger partial charge in [0.15, 0.2) is 11.6 Å². The lowest BCUT2D eigenvalue weighted by Crippen LogP contribution is -2.46. The van der Waals surface area contributed by atoms with Gasteiger partial charge >= 0.3 is 6.18 Å². The molecule has 0 radical (unpaired) electrons. The number of aromatic nitrogens is 3. The summed E-state index contributed by atoms with van der Waals surface area (Å²) in [5.41, 5.74) is -0.0393. The van der Waals surface area contributed by atoms with E-state index in [2.05, 4.69) is 15.0 Å². The molecule has 0 bridgehead atoms. The van der Waals surface area contributed by atoms with Crippen molar-refractivity contribution in [3.05, 3.63) is 46.1 Å². The third kappa shape index (κ3) is 3.76. The van der Waals surface area contributed by atoms with Crippen molar-refractivity contribution in [3.63, 3.8) is 0 Å². The number of hydrogen-bond donors (Lipinski definition) is 1. The zero-order valence-electron chi connectivity index (χ0n) is 17.4. The topological polar surface area (TPSA) is 72.1 Å². The van der Waals surface area contributed by atoms with Crippen LogP contribution < -0.4 is 0 Å². The van der Waals surface area contributed by atoms with Crippen molar-refractivity contribution in [3.8, 4) is 5.88 Å². The Balaban J connectivity index is 1.52. The monoisotopic (exact) mass is 468 g/mol. The number of likely N-dealkylation sites (tertiary alicyclic amines) is 1. The van der Waals surface area contributed by atoms with Gasteiger partial charge in [0.2, 0.25) is 10.8 Å². The third-order valence-corrected chi connectivity index (χ3v) is 7.17. The number of nitrogens with zero attached hydrogens (tertiary/aromatic N) is 4. The number of aryl methyl sites for hydroxylation is 1. The quantitative estimate of drug-likeness (QED) is 0.624.